The molecular weight excluding hydrogens is 356 g/mol. The van der Waals surface area contributed by atoms with Gasteiger partial charge in [0.1, 0.15) is 0 Å². The Morgan fingerprint density at radius 2 is 2.00 bits per heavy atom. The van der Waals surface area contributed by atoms with Crippen molar-refractivity contribution in [2.75, 3.05) is 13.7 Å². The molecule has 1 heterocycles. The summed E-state index contributed by atoms with van der Waals surface area (Å²) in [7, 11) is 1.27. The van der Waals surface area contributed by atoms with Gasteiger partial charge in [0.05, 0.1) is 29.9 Å². The van der Waals surface area contributed by atoms with Gasteiger partial charge in [0.15, 0.2) is 5.17 Å². The summed E-state index contributed by atoms with van der Waals surface area (Å²) < 4.78 is 9.55. The van der Waals surface area contributed by atoms with E-state index < -0.39 is 5.97 Å². The number of rotatable bonds is 5. The second-order valence-electron chi connectivity index (χ2n) is 5.70. The van der Waals surface area contributed by atoms with E-state index >= 15 is 0 Å². The smallest absolute Gasteiger partial charge is 0.338 e. The predicted octanol–water partition coefficient (Wildman–Crippen LogP) is 2.65. The Bertz CT molecular complexity index is 796. The SMILES string of the molecule is CCOC(=O)c1ccc(N=C2S/C(=C/C(=O)OC)C(=O)N2C2CC2)cc1. The third kappa shape index (κ3) is 3.96. The Balaban J connectivity index is 1.84. The van der Waals surface area contributed by atoms with Gasteiger partial charge in [-0.25, -0.2) is 14.6 Å². The fourth-order valence-electron chi connectivity index (χ4n) is 2.38. The van der Waals surface area contributed by atoms with Crippen LogP contribution in [0.5, 0.6) is 0 Å². The third-order valence-corrected chi connectivity index (χ3v) is 4.79. The monoisotopic (exact) mass is 374 g/mol. The maximum atomic E-state index is 12.5. The van der Waals surface area contributed by atoms with Crippen LogP contribution in [0.4, 0.5) is 5.69 Å². The van der Waals surface area contributed by atoms with Gasteiger partial charge in [-0.15, -0.1) is 0 Å². The molecule has 1 saturated carbocycles. The van der Waals surface area contributed by atoms with Crippen LogP contribution < -0.4 is 0 Å². The number of ether oxygens (including phenoxy) is 2. The van der Waals surface area contributed by atoms with Crippen molar-refractivity contribution in [3.63, 3.8) is 0 Å². The zero-order valence-electron chi connectivity index (χ0n) is 14.4. The standard InChI is InChI=1S/C18H18N2O5S/c1-3-25-17(23)11-4-6-12(7-5-11)19-18-20(13-8-9-13)16(22)14(26-18)10-15(21)24-2/h4-7,10,13H,3,8-9H2,1-2H3/b14-10+,19-18?. The Hall–Kier alpha value is -2.61. The molecule has 0 radical (unpaired) electrons. The summed E-state index contributed by atoms with van der Waals surface area (Å²) in [6, 6.07) is 6.77. The predicted molar refractivity (Wildman–Crippen MR) is 97.1 cm³/mol. The molecule has 7 nitrogen and oxygen atoms in total. The zero-order chi connectivity index (χ0) is 18.7. The molecular formula is C18H18N2O5S. The van der Waals surface area contributed by atoms with E-state index in [9.17, 15) is 14.4 Å². The van der Waals surface area contributed by atoms with Gasteiger partial charge < -0.3 is 9.47 Å². The third-order valence-electron chi connectivity index (χ3n) is 3.80. The van der Waals surface area contributed by atoms with E-state index in [1.54, 1.807) is 36.1 Å². The molecule has 0 bridgehead atoms. The first-order valence-electron chi connectivity index (χ1n) is 8.20. The second-order valence-corrected chi connectivity index (χ2v) is 6.71. The molecule has 1 aliphatic heterocycles. The normalized spacial score (nSPS) is 19.9. The highest BCUT2D eigenvalue weighted by Crippen LogP contribution is 2.40. The first-order chi connectivity index (χ1) is 12.5. The van der Waals surface area contributed by atoms with E-state index in [1.165, 1.54) is 13.2 Å². The fraction of sp³-hybridized carbons (Fsp3) is 0.333. The van der Waals surface area contributed by atoms with E-state index in [2.05, 4.69) is 9.73 Å². The van der Waals surface area contributed by atoms with Gasteiger partial charge in [0.2, 0.25) is 0 Å². The summed E-state index contributed by atoms with van der Waals surface area (Å²) in [6.45, 7) is 2.06. The van der Waals surface area contributed by atoms with Crippen molar-refractivity contribution < 1.29 is 23.9 Å². The lowest BCUT2D eigenvalue weighted by Gasteiger charge is -2.14. The van der Waals surface area contributed by atoms with Crippen LogP contribution in [0.25, 0.3) is 0 Å². The maximum absolute atomic E-state index is 12.5. The van der Waals surface area contributed by atoms with Crippen molar-refractivity contribution in [2.24, 2.45) is 4.99 Å². The molecule has 0 spiro atoms. The number of carbonyl (C=O) groups excluding carboxylic acids is 3. The van der Waals surface area contributed by atoms with Crippen molar-refractivity contribution >= 4 is 40.5 Å². The van der Waals surface area contributed by atoms with Crippen LogP contribution >= 0.6 is 11.8 Å². The Morgan fingerprint density at radius 1 is 1.31 bits per heavy atom. The number of hydrogen-bond donors (Lipinski definition) is 0. The van der Waals surface area contributed by atoms with Crippen LogP contribution in [0, 0.1) is 0 Å². The van der Waals surface area contributed by atoms with Gasteiger partial charge in [-0.3, -0.25) is 9.69 Å². The summed E-state index contributed by atoms with van der Waals surface area (Å²) in [6.07, 6.45) is 3.02. The molecule has 1 amide bonds. The summed E-state index contributed by atoms with van der Waals surface area (Å²) in [5.74, 6) is -1.19. The largest absolute Gasteiger partial charge is 0.466 e. The highest BCUT2D eigenvalue weighted by molar-refractivity contribution is 8.18. The van der Waals surface area contributed by atoms with Gasteiger partial charge >= 0.3 is 11.9 Å². The minimum Gasteiger partial charge on any atom is -0.466 e. The van der Waals surface area contributed by atoms with Crippen molar-refractivity contribution in [1.82, 2.24) is 4.90 Å². The Kier molecular flexibility index (Phi) is 5.41. The first kappa shape index (κ1) is 18.2. The molecule has 0 N–H and O–H groups in total. The molecule has 26 heavy (non-hydrogen) atoms. The average Bonchev–Trinajstić information content (AvgIpc) is 3.42. The minimum atomic E-state index is -0.573. The molecule has 1 aromatic carbocycles. The molecule has 8 heteroatoms. The lowest BCUT2D eigenvalue weighted by Crippen LogP contribution is -2.31. The van der Waals surface area contributed by atoms with Gasteiger partial charge in [-0.2, -0.15) is 0 Å². The number of benzene rings is 1. The minimum absolute atomic E-state index is 0.121. The zero-order valence-corrected chi connectivity index (χ0v) is 15.2. The Morgan fingerprint density at radius 3 is 2.58 bits per heavy atom. The quantitative estimate of drug-likeness (QED) is 0.582. The highest BCUT2D eigenvalue weighted by atomic mass is 32.2. The van der Waals surface area contributed by atoms with Crippen LogP contribution in [-0.2, 0) is 19.1 Å². The molecule has 1 aromatic rings. The van der Waals surface area contributed by atoms with E-state index in [0.29, 0.717) is 27.9 Å². The van der Waals surface area contributed by atoms with Gasteiger partial charge in [-0.05, 0) is 55.8 Å². The molecule has 2 fully saturated rings. The van der Waals surface area contributed by atoms with Crippen LogP contribution in [-0.4, -0.2) is 47.7 Å². The van der Waals surface area contributed by atoms with Crippen molar-refractivity contribution in [3.05, 3.63) is 40.8 Å². The van der Waals surface area contributed by atoms with Crippen LogP contribution in [0.1, 0.15) is 30.1 Å². The molecule has 2 aliphatic rings. The summed E-state index contributed by atoms with van der Waals surface area (Å²) in [5.41, 5.74) is 1.05. The molecule has 3 rings (SSSR count). The lowest BCUT2D eigenvalue weighted by atomic mass is 10.2. The first-order valence-corrected chi connectivity index (χ1v) is 9.02. The molecule has 1 aliphatic carbocycles. The molecule has 0 aromatic heterocycles. The number of thioether (sulfide) groups is 1. The van der Waals surface area contributed by atoms with Crippen molar-refractivity contribution in [1.29, 1.82) is 0 Å². The van der Waals surface area contributed by atoms with Gasteiger partial charge in [0, 0.05) is 12.1 Å². The van der Waals surface area contributed by atoms with Crippen LogP contribution in [0.2, 0.25) is 0 Å². The molecule has 0 unspecified atom stereocenters. The van der Waals surface area contributed by atoms with Gasteiger partial charge in [0.25, 0.3) is 5.91 Å². The molecule has 136 valence electrons. The van der Waals surface area contributed by atoms with E-state index in [0.717, 1.165) is 24.6 Å². The number of hydrogen-bond acceptors (Lipinski definition) is 7. The van der Waals surface area contributed by atoms with E-state index in [-0.39, 0.29) is 17.9 Å². The fourth-order valence-corrected chi connectivity index (χ4v) is 3.40. The van der Waals surface area contributed by atoms with Crippen molar-refractivity contribution in [2.45, 2.75) is 25.8 Å². The van der Waals surface area contributed by atoms with E-state index in [4.69, 9.17) is 4.74 Å². The lowest BCUT2D eigenvalue weighted by molar-refractivity contribution is -0.135. The van der Waals surface area contributed by atoms with Crippen LogP contribution in [0.15, 0.2) is 40.2 Å². The van der Waals surface area contributed by atoms with Gasteiger partial charge in [-0.1, -0.05) is 0 Å². The van der Waals surface area contributed by atoms with Crippen molar-refractivity contribution in [3.8, 4) is 0 Å². The van der Waals surface area contributed by atoms with E-state index in [1.807, 2.05) is 0 Å². The number of carbonyl (C=O) groups is 3. The summed E-state index contributed by atoms with van der Waals surface area (Å²) in [5, 5.41) is 0.525. The molecule has 1 saturated heterocycles. The second kappa shape index (κ2) is 7.74. The average molecular weight is 374 g/mol. The number of esters is 2. The summed E-state index contributed by atoms with van der Waals surface area (Å²) in [4.78, 5) is 42.1. The number of nitrogens with zero attached hydrogens (tertiary/aromatic N) is 2. The van der Waals surface area contributed by atoms with Crippen LogP contribution in [0.3, 0.4) is 0 Å². The molecule has 0 atom stereocenters. The number of amidine groups is 1. The Labute approximate surface area is 155 Å². The highest BCUT2D eigenvalue weighted by Gasteiger charge is 2.43. The maximum Gasteiger partial charge on any atom is 0.338 e. The topological polar surface area (TPSA) is 85.3 Å². The summed E-state index contributed by atoms with van der Waals surface area (Å²) >= 11 is 1.15. The number of methoxy groups -OCH3 is 1. The number of aliphatic imine (C=N–C) groups is 1. The number of amides is 1.